The first-order valence-electron chi connectivity index (χ1n) is 8.20. The highest BCUT2D eigenvalue weighted by Gasteiger charge is 2.20. The number of ether oxygens (including phenoxy) is 2. The molecule has 0 bridgehead atoms. The quantitative estimate of drug-likeness (QED) is 0.788. The van der Waals surface area contributed by atoms with E-state index in [9.17, 15) is 9.59 Å². The van der Waals surface area contributed by atoms with Gasteiger partial charge in [0.25, 0.3) is 11.8 Å². The van der Waals surface area contributed by atoms with Crippen LogP contribution >= 0.6 is 0 Å². The SMILES string of the molecule is COc1cc(OC)cc(C(=O)Nc2cnn(C)c2C(=O)NCC(C)C)c1. The van der Waals surface area contributed by atoms with Gasteiger partial charge in [0.05, 0.1) is 26.1 Å². The maximum absolute atomic E-state index is 12.6. The van der Waals surface area contributed by atoms with Gasteiger partial charge < -0.3 is 20.1 Å². The predicted molar refractivity (Wildman–Crippen MR) is 97.9 cm³/mol. The summed E-state index contributed by atoms with van der Waals surface area (Å²) in [6, 6.07) is 4.85. The zero-order valence-electron chi connectivity index (χ0n) is 15.6. The molecule has 0 radical (unpaired) electrons. The van der Waals surface area contributed by atoms with Gasteiger partial charge in [-0.05, 0) is 18.1 Å². The number of anilines is 1. The third kappa shape index (κ3) is 4.53. The average molecular weight is 360 g/mol. The summed E-state index contributed by atoms with van der Waals surface area (Å²) in [6.07, 6.45) is 1.44. The van der Waals surface area contributed by atoms with Gasteiger partial charge in [-0.3, -0.25) is 14.3 Å². The molecule has 0 aliphatic rings. The van der Waals surface area contributed by atoms with Crippen LogP contribution in [0.5, 0.6) is 11.5 Å². The van der Waals surface area contributed by atoms with Crippen LogP contribution in [-0.2, 0) is 7.05 Å². The number of carbonyl (C=O) groups excluding carboxylic acids is 2. The zero-order chi connectivity index (χ0) is 19.3. The molecule has 2 aromatic rings. The van der Waals surface area contributed by atoms with Crippen molar-refractivity contribution in [3.8, 4) is 11.5 Å². The number of nitrogens with zero attached hydrogens (tertiary/aromatic N) is 2. The fourth-order valence-electron chi connectivity index (χ4n) is 2.31. The van der Waals surface area contributed by atoms with Gasteiger partial charge in [-0.1, -0.05) is 13.8 Å². The molecule has 140 valence electrons. The minimum atomic E-state index is -0.395. The molecule has 0 saturated heterocycles. The Balaban J connectivity index is 2.24. The largest absolute Gasteiger partial charge is 0.497 e. The Kier molecular flexibility index (Phi) is 6.21. The first-order chi connectivity index (χ1) is 12.3. The van der Waals surface area contributed by atoms with Crippen molar-refractivity contribution in [3.05, 3.63) is 35.7 Å². The van der Waals surface area contributed by atoms with E-state index in [1.807, 2.05) is 13.8 Å². The summed E-state index contributed by atoms with van der Waals surface area (Å²) in [5, 5.41) is 9.62. The van der Waals surface area contributed by atoms with Crippen LogP contribution in [0.15, 0.2) is 24.4 Å². The summed E-state index contributed by atoms with van der Waals surface area (Å²) in [6.45, 7) is 4.54. The first kappa shape index (κ1) is 19.3. The Morgan fingerprint density at radius 3 is 2.27 bits per heavy atom. The molecule has 0 aliphatic carbocycles. The highest BCUT2D eigenvalue weighted by Crippen LogP contribution is 2.24. The van der Waals surface area contributed by atoms with Crippen molar-refractivity contribution in [1.29, 1.82) is 0 Å². The van der Waals surface area contributed by atoms with Gasteiger partial charge in [-0.15, -0.1) is 0 Å². The van der Waals surface area contributed by atoms with Crippen molar-refractivity contribution < 1.29 is 19.1 Å². The number of amides is 2. The zero-order valence-corrected chi connectivity index (χ0v) is 15.6. The van der Waals surface area contributed by atoms with Gasteiger partial charge in [0.1, 0.15) is 17.2 Å². The average Bonchev–Trinajstić information content (AvgIpc) is 2.99. The van der Waals surface area contributed by atoms with Gasteiger partial charge in [0.2, 0.25) is 0 Å². The summed E-state index contributed by atoms with van der Waals surface area (Å²) < 4.78 is 11.8. The topological polar surface area (TPSA) is 94.5 Å². The summed E-state index contributed by atoms with van der Waals surface area (Å²) in [4.78, 5) is 25.0. The second-order valence-corrected chi connectivity index (χ2v) is 6.19. The lowest BCUT2D eigenvalue weighted by atomic mass is 10.1. The molecule has 1 heterocycles. The van der Waals surface area contributed by atoms with E-state index in [-0.39, 0.29) is 11.6 Å². The number of aromatic nitrogens is 2. The fourth-order valence-corrected chi connectivity index (χ4v) is 2.31. The van der Waals surface area contributed by atoms with Crippen molar-refractivity contribution in [2.45, 2.75) is 13.8 Å². The minimum Gasteiger partial charge on any atom is -0.497 e. The van der Waals surface area contributed by atoms with Gasteiger partial charge in [0, 0.05) is 25.2 Å². The van der Waals surface area contributed by atoms with Crippen molar-refractivity contribution in [1.82, 2.24) is 15.1 Å². The maximum Gasteiger partial charge on any atom is 0.271 e. The first-order valence-corrected chi connectivity index (χ1v) is 8.20. The van der Waals surface area contributed by atoms with Crippen LogP contribution in [0.4, 0.5) is 5.69 Å². The molecule has 2 amide bonds. The highest BCUT2D eigenvalue weighted by atomic mass is 16.5. The number of methoxy groups -OCH3 is 2. The standard InChI is InChI=1S/C18H24N4O4/c1-11(2)9-19-18(24)16-15(10-20-22(16)3)21-17(23)12-6-13(25-4)8-14(7-12)26-5/h6-8,10-11H,9H2,1-5H3,(H,19,24)(H,21,23). The Morgan fingerprint density at radius 1 is 1.12 bits per heavy atom. The maximum atomic E-state index is 12.6. The van der Waals surface area contributed by atoms with Crippen LogP contribution in [0.3, 0.4) is 0 Å². The van der Waals surface area contributed by atoms with Crippen LogP contribution < -0.4 is 20.1 Å². The Labute approximate surface area is 152 Å². The van der Waals surface area contributed by atoms with E-state index in [0.717, 1.165) is 0 Å². The van der Waals surface area contributed by atoms with Crippen LogP contribution in [0.1, 0.15) is 34.7 Å². The number of hydrogen-bond donors (Lipinski definition) is 2. The molecule has 1 aromatic heterocycles. The van der Waals surface area contributed by atoms with E-state index < -0.39 is 5.91 Å². The molecule has 0 spiro atoms. The summed E-state index contributed by atoms with van der Waals surface area (Å²) in [7, 11) is 4.66. The van der Waals surface area contributed by atoms with E-state index in [0.29, 0.717) is 35.2 Å². The Hall–Kier alpha value is -3.03. The summed E-state index contributed by atoms with van der Waals surface area (Å²) in [5.41, 5.74) is 0.966. The van der Waals surface area contributed by atoms with E-state index in [4.69, 9.17) is 9.47 Å². The molecule has 0 saturated carbocycles. The van der Waals surface area contributed by atoms with Crippen molar-refractivity contribution in [3.63, 3.8) is 0 Å². The number of hydrogen-bond acceptors (Lipinski definition) is 5. The van der Waals surface area contributed by atoms with Crippen molar-refractivity contribution >= 4 is 17.5 Å². The third-order valence-electron chi connectivity index (χ3n) is 3.69. The molecule has 0 unspecified atom stereocenters. The van der Waals surface area contributed by atoms with E-state index in [1.54, 1.807) is 25.2 Å². The summed E-state index contributed by atoms with van der Waals surface area (Å²) >= 11 is 0. The normalized spacial score (nSPS) is 10.5. The number of rotatable bonds is 7. The summed E-state index contributed by atoms with van der Waals surface area (Å²) in [5.74, 6) is 0.617. The fraction of sp³-hybridized carbons (Fsp3) is 0.389. The second-order valence-electron chi connectivity index (χ2n) is 6.19. The minimum absolute atomic E-state index is 0.286. The number of carbonyl (C=O) groups is 2. The number of nitrogens with one attached hydrogen (secondary N) is 2. The van der Waals surface area contributed by atoms with E-state index in [2.05, 4.69) is 15.7 Å². The molecule has 0 fully saturated rings. The molecule has 1 aromatic carbocycles. The molecule has 8 heteroatoms. The predicted octanol–water partition coefficient (Wildman–Crippen LogP) is 2.08. The third-order valence-corrected chi connectivity index (χ3v) is 3.69. The second kappa shape index (κ2) is 8.37. The van der Waals surface area contributed by atoms with Gasteiger partial charge in [0.15, 0.2) is 0 Å². The highest BCUT2D eigenvalue weighted by molar-refractivity contribution is 6.08. The smallest absolute Gasteiger partial charge is 0.271 e. The molecular formula is C18H24N4O4. The van der Waals surface area contributed by atoms with E-state index >= 15 is 0 Å². The molecule has 0 atom stereocenters. The van der Waals surface area contributed by atoms with Crippen LogP contribution in [-0.4, -0.2) is 42.4 Å². The van der Waals surface area contributed by atoms with Crippen molar-refractivity contribution in [2.75, 3.05) is 26.1 Å². The Bertz CT molecular complexity index is 776. The lowest BCUT2D eigenvalue weighted by Crippen LogP contribution is -2.30. The molecule has 0 aliphatic heterocycles. The van der Waals surface area contributed by atoms with Gasteiger partial charge >= 0.3 is 0 Å². The Morgan fingerprint density at radius 2 is 1.73 bits per heavy atom. The molecule has 8 nitrogen and oxygen atoms in total. The van der Waals surface area contributed by atoms with Crippen LogP contribution in [0.2, 0.25) is 0 Å². The van der Waals surface area contributed by atoms with Gasteiger partial charge in [-0.25, -0.2) is 0 Å². The lowest BCUT2D eigenvalue weighted by Gasteiger charge is -2.11. The van der Waals surface area contributed by atoms with Crippen LogP contribution in [0.25, 0.3) is 0 Å². The van der Waals surface area contributed by atoms with Gasteiger partial charge in [-0.2, -0.15) is 5.10 Å². The lowest BCUT2D eigenvalue weighted by molar-refractivity contribution is 0.0940. The van der Waals surface area contributed by atoms with Crippen molar-refractivity contribution in [2.24, 2.45) is 13.0 Å². The number of aryl methyl sites for hydroxylation is 1. The number of benzene rings is 1. The molecule has 2 rings (SSSR count). The monoisotopic (exact) mass is 360 g/mol. The van der Waals surface area contributed by atoms with Crippen LogP contribution in [0, 0.1) is 5.92 Å². The van der Waals surface area contributed by atoms with E-state index in [1.165, 1.54) is 25.1 Å². The molecular weight excluding hydrogens is 336 g/mol. The molecule has 2 N–H and O–H groups in total. The molecule has 26 heavy (non-hydrogen) atoms.